The Morgan fingerprint density at radius 3 is 1.79 bits per heavy atom. The summed E-state index contributed by atoms with van der Waals surface area (Å²) in [5.74, 6) is 0.586. The van der Waals surface area contributed by atoms with E-state index in [9.17, 15) is 0 Å². The lowest BCUT2D eigenvalue weighted by Crippen LogP contribution is -2.34. The predicted molar refractivity (Wildman–Crippen MR) is 64.6 cm³/mol. The van der Waals surface area contributed by atoms with E-state index in [2.05, 4.69) is 11.8 Å². The van der Waals surface area contributed by atoms with Crippen LogP contribution in [0.2, 0.25) is 0 Å². The molecule has 1 aliphatic rings. The zero-order valence-corrected chi connectivity index (χ0v) is 10.7. The Balaban J connectivity index is 0. The van der Waals surface area contributed by atoms with Crippen LogP contribution in [0.25, 0.3) is 0 Å². The zero-order chi connectivity index (χ0) is 11.4. The number of hydrogen-bond acceptors (Lipinski definition) is 2. The van der Waals surface area contributed by atoms with Crippen molar-refractivity contribution in [1.82, 2.24) is 4.90 Å². The number of piperidine rings is 1. The van der Waals surface area contributed by atoms with E-state index in [0.717, 1.165) is 6.54 Å². The smallest absolute Gasteiger partial charge is 0.0460 e. The lowest BCUT2D eigenvalue weighted by atomic mass is 9.98. The maximum absolute atomic E-state index is 8.83. The Morgan fingerprint density at radius 1 is 1.07 bits per heavy atom. The number of hydrogen-bond donors (Lipinski definition) is 1. The largest absolute Gasteiger partial charge is 0.396 e. The quantitative estimate of drug-likeness (QED) is 0.746. The van der Waals surface area contributed by atoms with Gasteiger partial charge in [0.05, 0.1) is 0 Å². The second-order valence-electron chi connectivity index (χ2n) is 3.06. The third-order valence-corrected chi connectivity index (χ3v) is 2.41. The number of aliphatic hydroxyl groups is 1. The van der Waals surface area contributed by atoms with E-state index < -0.39 is 0 Å². The van der Waals surface area contributed by atoms with Gasteiger partial charge in [-0.25, -0.2) is 0 Å². The normalized spacial score (nSPS) is 17.6. The molecular weight excluding hydrogens is 174 g/mol. The highest BCUT2D eigenvalue weighted by Gasteiger charge is 2.16. The number of likely N-dealkylation sites (tertiary alicyclic amines) is 1. The lowest BCUT2D eigenvalue weighted by molar-refractivity contribution is 0.135. The summed E-state index contributed by atoms with van der Waals surface area (Å²) in [7, 11) is 0. The monoisotopic (exact) mass is 203 g/mol. The molecule has 0 aromatic carbocycles. The fraction of sp³-hybridized carbons (Fsp3) is 1.00. The van der Waals surface area contributed by atoms with Gasteiger partial charge >= 0.3 is 0 Å². The van der Waals surface area contributed by atoms with Crippen LogP contribution in [-0.4, -0.2) is 36.2 Å². The molecule has 0 amide bonds. The first-order valence-corrected chi connectivity index (χ1v) is 6.20. The van der Waals surface area contributed by atoms with Gasteiger partial charge in [-0.3, -0.25) is 0 Å². The first-order valence-electron chi connectivity index (χ1n) is 6.20. The van der Waals surface area contributed by atoms with Crippen molar-refractivity contribution in [3.63, 3.8) is 0 Å². The predicted octanol–water partition coefficient (Wildman–Crippen LogP) is 2.76. The number of nitrogens with zero attached hydrogens (tertiary/aromatic N) is 1. The van der Waals surface area contributed by atoms with Crippen LogP contribution >= 0.6 is 0 Å². The van der Waals surface area contributed by atoms with Gasteiger partial charge in [-0.05, 0) is 38.4 Å². The molecule has 0 aromatic rings. The summed E-state index contributed by atoms with van der Waals surface area (Å²) < 4.78 is 0. The van der Waals surface area contributed by atoms with Crippen molar-refractivity contribution in [2.75, 3.05) is 26.2 Å². The van der Waals surface area contributed by atoms with Crippen LogP contribution in [0.1, 0.15) is 47.5 Å². The van der Waals surface area contributed by atoms with Crippen LogP contribution in [0.5, 0.6) is 0 Å². The van der Waals surface area contributed by atoms with Crippen LogP contribution in [0.3, 0.4) is 0 Å². The van der Waals surface area contributed by atoms with E-state index >= 15 is 0 Å². The van der Waals surface area contributed by atoms with Crippen LogP contribution in [-0.2, 0) is 0 Å². The van der Waals surface area contributed by atoms with Crippen molar-refractivity contribution in [2.45, 2.75) is 47.5 Å². The Morgan fingerprint density at radius 2 is 1.50 bits per heavy atom. The molecule has 0 aliphatic carbocycles. The molecular formula is C12H29NO. The van der Waals surface area contributed by atoms with Crippen molar-refractivity contribution in [1.29, 1.82) is 0 Å². The van der Waals surface area contributed by atoms with Gasteiger partial charge in [-0.1, -0.05) is 34.6 Å². The summed E-state index contributed by atoms with van der Waals surface area (Å²) in [6.07, 6.45) is 2.37. The second kappa shape index (κ2) is 12.9. The molecule has 1 aliphatic heterocycles. The fourth-order valence-corrected chi connectivity index (χ4v) is 1.49. The second-order valence-corrected chi connectivity index (χ2v) is 3.06. The summed E-state index contributed by atoms with van der Waals surface area (Å²) in [5, 5.41) is 8.83. The summed E-state index contributed by atoms with van der Waals surface area (Å²) in [6.45, 7) is 14.1. The van der Waals surface area contributed by atoms with E-state index in [1.165, 1.54) is 25.9 Å². The van der Waals surface area contributed by atoms with Crippen LogP contribution in [0.4, 0.5) is 0 Å². The summed E-state index contributed by atoms with van der Waals surface area (Å²) in [6, 6.07) is 0. The van der Waals surface area contributed by atoms with E-state index in [4.69, 9.17) is 5.11 Å². The average Bonchev–Trinajstić information content (AvgIpc) is 2.34. The SMILES string of the molecule is CC.CC.CCN1CCC(CO)CC1. The van der Waals surface area contributed by atoms with Gasteiger partial charge in [0, 0.05) is 6.61 Å². The van der Waals surface area contributed by atoms with Crippen LogP contribution < -0.4 is 0 Å². The zero-order valence-electron chi connectivity index (χ0n) is 10.7. The molecule has 0 saturated carbocycles. The minimum Gasteiger partial charge on any atom is -0.396 e. The molecule has 0 spiro atoms. The van der Waals surface area contributed by atoms with Gasteiger partial charge in [0.1, 0.15) is 0 Å². The number of aliphatic hydroxyl groups excluding tert-OH is 1. The van der Waals surface area contributed by atoms with Gasteiger partial charge in [-0.15, -0.1) is 0 Å². The highest BCUT2D eigenvalue weighted by atomic mass is 16.3. The standard InChI is InChI=1S/C8H17NO.2C2H6/c1-2-9-5-3-8(7-10)4-6-9;2*1-2/h8,10H,2-7H2,1H3;2*1-2H3. The van der Waals surface area contributed by atoms with E-state index in [1.54, 1.807) is 0 Å². The topological polar surface area (TPSA) is 23.5 Å². The molecule has 2 heteroatoms. The van der Waals surface area contributed by atoms with Gasteiger partial charge in [0.15, 0.2) is 0 Å². The minimum atomic E-state index is 0.386. The summed E-state index contributed by atoms with van der Waals surface area (Å²) in [4.78, 5) is 2.44. The maximum Gasteiger partial charge on any atom is 0.0460 e. The summed E-state index contributed by atoms with van der Waals surface area (Å²) >= 11 is 0. The van der Waals surface area contributed by atoms with Gasteiger partial charge < -0.3 is 10.0 Å². The number of rotatable bonds is 2. The Labute approximate surface area is 90.3 Å². The molecule has 0 aromatic heterocycles. The molecule has 1 N–H and O–H groups in total. The van der Waals surface area contributed by atoms with Crippen molar-refractivity contribution >= 4 is 0 Å². The summed E-state index contributed by atoms with van der Waals surface area (Å²) in [5.41, 5.74) is 0. The third kappa shape index (κ3) is 7.34. The molecule has 2 nitrogen and oxygen atoms in total. The highest BCUT2D eigenvalue weighted by Crippen LogP contribution is 2.15. The lowest BCUT2D eigenvalue weighted by Gasteiger charge is -2.29. The maximum atomic E-state index is 8.83. The Kier molecular flexibility index (Phi) is 15.1. The molecule has 88 valence electrons. The van der Waals surface area contributed by atoms with Crippen molar-refractivity contribution in [3.8, 4) is 0 Å². The fourth-order valence-electron chi connectivity index (χ4n) is 1.49. The molecule has 1 saturated heterocycles. The first-order chi connectivity index (χ1) is 6.86. The van der Waals surface area contributed by atoms with E-state index in [0.29, 0.717) is 12.5 Å². The minimum absolute atomic E-state index is 0.386. The van der Waals surface area contributed by atoms with Crippen molar-refractivity contribution in [3.05, 3.63) is 0 Å². The van der Waals surface area contributed by atoms with Crippen LogP contribution in [0.15, 0.2) is 0 Å². The van der Waals surface area contributed by atoms with Gasteiger partial charge in [0.25, 0.3) is 0 Å². The van der Waals surface area contributed by atoms with Crippen molar-refractivity contribution in [2.24, 2.45) is 5.92 Å². The molecule has 0 atom stereocenters. The molecule has 0 radical (unpaired) electrons. The van der Waals surface area contributed by atoms with Crippen molar-refractivity contribution < 1.29 is 5.11 Å². The molecule has 0 bridgehead atoms. The average molecular weight is 203 g/mol. The van der Waals surface area contributed by atoms with Crippen LogP contribution in [0, 0.1) is 5.92 Å². The Hall–Kier alpha value is -0.0800. The van der Waals surface area contributed by atoms with Gasteiger partial charge in [0.2, 0.25) is 0 Å². The Bertz CT molecular complexity index is 76.3. The molecule has 1 fully saturated rings. The molecule has 1 rings (SSSR count). The van der Waals surface area contributed by atoms with E-state index in [1.807, 2.05) is 27.7 Å². The van der Waals surface area contributed by atoms with E-state index in [-0.39, 0.29) is 0 Å². The van der Waals surface area contributed by atoms with Gasteiger partial charge in [-0.2, -0.15) is 0 Å². The highest BCUT2D eigenvalue weighted by molar-refractivity contribution is 4.70. The molecule has 1 heterocycles. The molecule has 14 heavy (non-hydrogen) atoms. The third-order valence-electron chi connectivity index (χ3n) is 2.41. The first kappa shape index (κ1) is 16.4. The molecule has 0 unspecified atom stereocenters.